The van der Waals surface area contributed by atoms with Crippen LogP contribution in [-0.4, -0.2) is 24.7 Å². The normalized spacial score (nSPS) is 11.2. The Labute approximate surface area is 170 Å². The second-order valence-electron chi connectivity index (χ2n) is 6.49. The smallest absolute Gasteiger partial charge is 0.332 e. The van der Waals surface area contributed by atoms with Crippen LogP contribution in [-0.2, 0) is 16.0 Å². The van der Waals surface area contributed by atoms with E-state index in [1.54, 1.807) is 20.2 Å². The van der Waals surface area contributed by atoms with Crippen molar-refractivity contribution in [2.45, 2.75) is 20.3 Å². The Morgan fingerprint density at radius 1 is 1.24 bits per heavy atom. The van der Waals surface area contributed by atoms with Gasteiger partial charge in [0.05, 0.1) is 25.5 Å². The summed E-state index contributed by atoms with van der Waals surface area (Å²) in [6, 6.07) is 13.8. The van der Waals surface area contributed by atoms with Crippen molar-refractivity contribution in [3.8, 4) is 17.1 Å². The fraction of sp³-hybridized carbons (Fsp3) is 0.217. The van der Waals surface area contributed by atoms with Gasteiger partial charge in [0.15, 0.2) is 12.2 Å². The number of oxazole rings is 1. The highest BCUT2D eigenvalue weighted by Gasteiger charge is 2.12. The van der Waals surface area contributed by atoms with Crippen molar-refractivity contribution >= 4 is 11.7 Å². The predicted molar refractivity (Wildman–Crippen MR) is 112 cm³/mol. The molecule has 2 aromatic carbocycles. The van der Waals surface area contributed by atoms with Crippen molar-refractivity contribution in [3.63, 3.8) is 0 Å². The Hall–Kier alpha value is -3.54. The Kier molecular flexibility index (Phi) is 6.68. The number of hydrogen-bond acceptors (Lipinski definition) is 6. The molecule has 1 aromatic heterocycles. The number of hydrogen-bond donors (Lipinski definition) is 1. The van der Waals surface area contributed by atoms with E-state index < -0.39 is 0 Å². The minimum Gasteiger partial charge on any atom is -0.496 e. The Balaban J connectivity index is 1.87. The summed E-state index contributed by atoms with van der Waals surface area (Å²) >= 11 is 0. The van der Waals surface area contributed by atoms with Crippen LogP contribution in [0.25, 0.3) is 11.3 Å². The number of allylic oxidation sites excluding steroid dienone is 1. The highest BCUT2D eigenvalue weighted by Crippen LogP contribution is 2.32. The second kappa shape index (κ2) is 9.59. The van der Waals surface area contributed by atoms with Gasteiger partial charge in [-0.05, 0) is 31.5 Å². The number of esters is 1. The van der Waals surface area contributed by atoms with E-state index in [1.165, 1.54) is 12.5 Å². The average Bonchev–Trinajstić information content (AvgIpc) is 3.22. The van der Waals surface area contributed by atoms with Crippen LogP contribution in [0.5, 0.6) is 5.75 Å². The number of methoxy groups -OCH3 is 1. The first-order valence-electron chi connectivity index (χ1n) is 9.36. The van der Waals surface area contributed by atoms with Gasteiger partial charge in [-0.25, -0.2) is 9.78 Å². The van der Waals surface area contributed by atoms with Crippen LogP contribution in [0.15, 0.2) is 71.2 Å². The number of anilines is 1. The maximum Gasteiger partial charge on any atom is 0.332 e. The zero-order valence-corrected chi connectivity index (χ0v) is 16.8. The minimum atomic E-state index is -0.382. The van der Waals surface area contributed by atoms with E-state index in [2.05, 4.69) is 16.4 Å². The highest BCUT2D eigenvalue weighted by molar-refractivity contribution is 5.83. The van der Waals surface area contributed by atoms with E-state index in [0.717, 1.165) is 28.1 Å². The molecule has 0 aliphatic carbocycles. The number of ether oxygens (including phenoxy) is 2. The summed E-state index contributed by atoms with van der Waals surface area (Å²) in [7, 11) is 1.60. The van der Waals surface area contributed by atoms with Gasteiger partial charge in [-0.2, -0.15) is 0 Å². The summed E-state index contributed by atoms with van der Waals surface area (Å²) in [5, 5.41) is 3.32. The SMILES string of the molecule is CCOC(=O)/C=C(\Cc1cccc(C)c1)Nc1ccc(-c2cnco2)c(OC)c1. The Morgan fingerprint density at radius 3 is 2.79 bits per heavy atom. The number of nitrogens with one attached hydrogen (secondary N) is 1. The summed E-state index contributed by atoms with van der Waals surface area (Å²) in [4.78, 5) is 16.0. The van der Waals surface area contributed by atoms with Crippen molar-refractivity contribution in [2.75, 3.05) is 19.0 Å². The van der Waals surface area contributed by atoms with Crippen LogP contribution in [0.3, 0.4) is 0 Å². The topological polar surface area (TPSA) is 73.6 Å². The Bertz CT molecular complexity index is 994. The first kappa shape index (κ1) is 20.2. The summed E-state index contributed by atoms with van der Waals surface area (Å²) in [5.74, 6) is 0.876. The third kappa shape index (κ3) is 5.48. The number of benzene rings is 2. The fourth-order valence-electron chi connectivity index (χ4n) is 3.01. The van der Waals surface area contributed by atoms with Gasteiger partial charge in [-0.1, -0.05) is 29.8 Å². The molecule has 1 N–H and O–H groups in total. The third-order valence-electron chi connectivity index (χ3n) is 4.26. The fourth-order valence-corrected chi connectivity index (χ4v) is 3.01. The molecular formula is C23H24N2O4. The molecule has 150 valence electrons. The van der Waals surface area contributed by atoms with Crippen LogP contribution < -0.4 is 10.1 Å². The van der Waals surface area contributed by atoms with Crippen molar-refractivity contribution in [3.05, 3.63) is 78.0 Å². The van der Waals surface area contributed by atoms with Crippen LogP contribution in [0.2, 0.25) is 0 Å². The second-order valence-corrected chi connectivity index (χ2v) is 6.49. The molecule has 0 fully saturated rings. The summed E-state index contributed by atoms with van der Waals surface area (Å²) in [5.41, 5.74) is 4.57. The van der Waals surface area contributed by atoms with Gasteiger partial charge < -0.3 is 19.2 Å². The monoisotopic (exact) mass is 392 g/mol. The number of nitrogens with zero attached hydrogens (tertiary/aromatic N) is 1. The quantitative estimate of drug-likeness (QED) is 0.440. The summed E-state index contributed by atoms with van der Waals surface area (Å²) in [6.45, 7) is 4.15. The Morgan fingerprint density at radius 2 is 2.10 bits per heavy atom. The van der Waals surface area contributed by atoms with E-state index in [9.17, 15) is 4.79 Å². The molecule has 0 radical (unpaired) electrons. The zero-order chi connectivity index (χ0) is 20.6. The van der Waals surface area contributed by atoms with E-state index in [0.29, 0.717) is 24.5 Å². The molecule has 0 aliphatic heterocycles. The molecule has 0 saturated heterocycles. The van der Waals surface area contributed by atoms with Crippen molar-refractivity contribution in [1.29, 1.82) is 0 Å². The largest absolute Gasteiger partial charge is 0.496 e. The molecule has 29 heavy (non-hydrogen) atoms. The number of carbonyl (C=O) groups excluding carboxylic acids is 1. The highest BCUT2D eigenvalue weighted by atomic mass is 16.5. The standard InChI is InChI=1S/C23H24N2O4/c1-4-28-23(26)13-19(11-17-7-5-6-16(2)10-17)25-18-8-9-20(21(12-18)27-3)22-14-24-15-29-22/h5-10,12-15,25H,4,11H2,1-3H3/b19-13+. The lowest BCUT2D eigenvalue weighted by Crippen LogP contribution is -2.09. The van der Waals surface area contributed by atoms with E-state index in [4.69, 9.17) is 13.9 Å². The van der Waals surface area contributed by atoms with Gasteiger partial charge in [-0.15, -0.1) is 0 Å². The molecule has 0 spiro atoms. The van der Waals surface area contributed by atoms with E-state index in [-0.39, 0.29) is 5.97 Å². The van der Waals surface area contributed by atoms with Gasteiger partial charge in [0.1, 0.15) is 5.75 Å². The van der Waals surface area contributed by atoms with Crippen molar-refractivity contribution in [1.82, 2.24) is 4.98 Å². The average molecular weight is 392 g/mol. The molecule has 0 atom stereocenters. The van der Waals surface area contributed by atoms with Crippen LogP contribution in [0.4, 0.5) is 5.69 Å². The summed E-state index contributed by atoms with van der Waals surface area (Å²) < 4.78 is 16.0. The van der Waals surface area contributed by atoms with Gasteiger partial charge in [-0.3, -0.25) is 0 Å². The zero-order valence-electron chi connectivity index (χ0n) is 16.8. The molecule has 3 aromatic rings. The van der Waals surface area contributed by atoms with Gasteiger partial charge >= 0.3 is 5.97 Å². The molecule has 3 rings (SSSR count). The maximum atomic E-state index is 12.1. The molecule has 0 bridgehead atoms. The number of aryl methyl sites for hydroxylation is 1. The maximum absolute atomic E-state index is 12.1. The summed E-state index contributed by atoms with van der Waals surface area (Å²) in [6.07, 6.45) is 5.06. The third-order valence-corrected chi connectivity index (χ3v) is 4.26. The lowest BCUT2D eigenvalue weighted by atomic mass is 10.1. The molecule has 0 aliphatic rings. The molecule has 6 nitrogen and oxygen atoms in total. The molecule has 1 heterocycles. The van der Waals surface area contributed by atoms with Crippen LogP contribution >= 0.6 is 0 Å². The van der Waals surface area contributed by atoms with Gasteiger partial charge in [0.25, 0.3) is 0 Å². The molecule has 0 amide bonds. The number of carbonyl (C=O) groups is 1. The number of rotatable bonds is 8. The van der Waals surface area contributed by atoms with Crippen molar-refractivity contribution in [2.24, 2.45) is 0 Å². The van der Waals surface area contributed by atoms with Crippen LogP contribution in [0, 0.1) is 6.92 Å². The van der Waals surface area contributed by atoms with Gasteiger partial charge in [0, 0.05) is 29.9 Å². The molecule has 0 unspecified atom stereocenters. The van der Waals surface area contributed by atoms with Crippen molar-refractivity contribution < 1.29 is 18.7 Å². The predicted octanol–water partition coefficient (Wildman–Crippen LogP) is 4.76. The minimum absolute atomic E-state index is 0.326. The van der Waals surface area contributed by atoms with Crippen LogP contribution in [0.1, 0.15) is 18.1 Å². The van der Waals surface area contributed by atoms with E-state index >= 15 is 0 Å². The van der Waals surface area contributed by atoms with E-state index in [1.807, 2.05) is 43.3 Å². The molecule has 6 heteroatoms. The lowest BCUT2D eigenvalue weighted by Gasteiger charge is -2.14. The lowest BCUT2D eigenvalue weighted by molar-refractivity contribution is -0.137. The van der Waals surface area contributed by atoms with Gasteiger partial charge in [0.2, 0.25) is 0 Å². The molecular weight excluding hydrogens is 368 g/mol. The molecule has 0 saturated carbocycles. The number of aromatic nitrogens is 1. The first-order valence-corrected chi connectivity index (χ1v) is 9.36. The first-order chi connectivity index (χ1) is 14.1.